The molecule has 2 unspecified atom stereocenters. The van der Waals surface area contributed by atoms with E-state index in [9.17, 15) is 9.18 Å². The fourth-order valence-electron chi connectivity index (χ4n) is 3.53. The minimum atomic E-state index is -0.560. The molecule has 3 aliphatic rings. The number of dihydropyridines is 1. The van der Waals surface area contributed by atoms with Gasteiger partial charge in [0.25, 0.3) is 0 Å². The molecule has 1 saturated heterocycles. The SMILES string of the molecule is CCC(=O)N1CCOCC1CNc1nc(C2=CNC3NC=C(Cl)C=C23)ncc1F. The number of morpholine rings is 1. The molecular weight excluding hydrogens is 399 g/mol. The van der Waals surface area contributed by atoms with Crippen LogP contribution in [0.15, 0.2) is 35.3 Å². The molecule has 2 atom stereocenters. The third-order valence-electron chi connectivity index (χ3n) is 5.04. The van der Waals surface area contributed by atoms with Crippen molar-refractivity contribution in [2.75, 3.05) is 31.6 Å². The van der Waals surface area contributed by atoms with Gasteiger partial charge in [-0.2, -0.15) is 0 Å². The highest BCUT2D eigenvalue weighted by molar-refractivity contribution is 6.31. The molecule has 4 rings (SSSR count). The van der Waals surface area contributed by atoms with Crippen molar-refractivity contribution in [3.8, 4) is 0 Å². The van der Waals surface area contributed by atoms with Gasteiger partial charge in [-0.1, -0.05) is 18.5 Å². The summed E-state index contributed by atoms with van der Waals surface area (Å²) in [4.78, 5) is 22.4. The fourth-order valence-corrected chi connectivity index (χ4v) is 3.71. The molecule has 3 aliphatic heterocycles. The van der Waals surface area contributed by atoms with E-state index in [1.54, 1.807) is 17.3 Å². The van der Waals surface area contributed by atoms with Crippen molar-refractivity contribution in [2.24, 2.45) is 0 Å². The molecule has 8 nitrogen and oxygen atoms in total. The Morgan fingerprint density at radius 2 is 2.28 bits per heavy atom. The molecule has 0 aromatic carbocycles. The number of nitrogens with one attached hydrogen (secondary N) is 3. The zero-order valence-electron chi connectivity index (χ0n) is 15.9. The summed E-state index contributed by atoms with van der Waals surface area (Å²) < 4.78 is 19.8. The molecule has 0 spiro atoms. The first-order valence-corrected chi connectivity index (χ1v) is 9.88. The van der Waals surface area contributed by atoms with E-state index in [0.29, 0.717) is 43.6 Å². The van der Waals surface area contributed by atoms with Gasteiger partial charge < -0.3 is 25.6 Å². The van der Waals surface area contributed by atoms with Crippen LogP contribution in [0.3, 0.4) is 0 Å². The Labute approximate surface area is 172 Å². The normalized spacial score (nSPS) is 23.3. The molecule has 0 aliphatic carbocycles. The van der Waals surface area contributed by atoms with Gasteiger partial charge in [-0.3, -0.25) is 4.79 Å². The maximum Gasteiger partial charge on any atom is 0.222 e. The monoisotopic (exact) mass is 420 g/mol. The van der Waals surface area contributed by atoms with Crippen molar-refractivity contribution in [1.82, 2.24) is 25.5 Å². The van der Waals surface area contributed by atoms with Crippen molar-refractivity contribution < 1.29 is 13.9 Å². The van der Waals surface area contributed by atoms with Gasteiger partial charge >= 0.3 is 0 Å². The first kappa shape index (κ1) is 19.7. The summed E-state index contributed by atoms with van der Waals surface area (Å²) in [6.07, 6.45) is 6.74. The number of rotatable bonds is 5. The van der Waals surface area contributed by atoms with E-state index in [1.165, 1.54) is 0 Å². The quantitative estimate of drug-likeness (QED) is 0.665. The van der Waals surface area contributed by atoms with Crippen LogP contribution < -0.4 is 16.0 Å². The number of carbonyl (C=O) groups excluding carboxylic acids is 1. The van der Waals surface area contributed by atoms with Crippen LogP contribution >= 0.6 is 11.6 Å². The maximum absolute atomic E-state index is 14.3. The lowest BCUT2D eigenvalue weighted by atomic mass is 10.0. The second-order valence-corrected chi connectivity index (χ2v) is 7.33. The van der Waals surface area contributed by atoms with E-state index in [1.807, 2.05) is 13.0 Å². The zero-order valence-corrected chi connectivity index (χ0v) is 16.7. The summed E-state index contributed by atoms with van der Waals surface area (Å²) in [7, 11) is 0. The number of carbonyl (C=O) groups is 1. The standard InChI is InChI=1S/C19H22ClFN6O2/c1-2-16(28)27-3-4-29-10-12(27)7-23-19-15(21)9-25-18(26-19)14-8-24-17-13(14)5-11(20)6-22-17/h5-6,8-9,12,17,22,24H,2-4,7,10H2,1H3,(H,23,25,26). The largest absolute Gasteiger partial charge is 0.377 e. The van der Waals surface area contributed by atoms with Gasteiger partial charge in [0.15, 0.2) is 17.5 Å². The second-order valence-electron chi connectivity index (χ2n) is 6.89. The molecule has 154 valence electrons. The Morgan fingerprint density at radius 1 is 1.45 bits per heavy atom. The summed E-state index contributed by atoms with van der Waals surface area (Å²) in [6, 6.07) is -0.181. The summed E-state index contributed by atoms with van der Waals surface area (Å²) in [5.74, 6) is -0.0426. The molecule has 1 amide bonds. The molecule has 29 heavy (non-hydrogen) atoms. The lowest BCUT2D eigenvalue weighted by Gasteiger charge is -2.35. The third-order valence-corrected chi connectivity index (χ3v) is 5.26. The van der Waals surface area contributed by atoms with E-state index in [-0.39, 0.29) is 23.9 Å². The molecule has 1 aromatic rings. The zero-order chi connectivity index (χ0) is 20.4. The van der Waals surface area contributed by atoms with Crippen LogP contribution in [0.2, 0.25) is 0 Å². The van der Waals surface area contributed by atoms with E-state index >= 15 is 0 Å². The van der Waals surface area contributed by atoms with E-state index in [4.69, 9.17) is 16.3 Å². The third kappa shape index (κ3) is 4.06. The van der Waals surface area contributed by atoms with Gasteiger partial charge in [0.1, 0.15) is 6.17 Å². The van der Waals surface area contributed by atoms with Crippen molar-refractivity contribution in [2.45, 2.75) is 25.6 Å². The predicted molar refractivity (Wildman–Crippen MR) is 107 cm³/mol. The number of ether oxygens (including phenoxy) is 1. The van der Waals surface area contributed by atoms with Gasteiger partial charge in [-0.25, -0.2) is 14.4 Å². The number of aromatic nitrogens is 2. The number of anilines is 1. The van der Waals surface area contributed by atoms with Gasteiger partial charge in [-0.05, 0) is 6.08 Å². The van der Waals surface area contributed by atoms with Crippen LogP contribution in [0.1, 0.15) is 19.2 Å². The topological polar surface area (TPSA) is 91.4 Å². The second kappa shape index (κ2) is 8.38. The molecule has 0 radical (unpaired) electrons. The Morgan fingerprint density at radius 3 is 3.10 bits per heavy atom. The molecule has 0 saturated carbocycles. The number of halogens is 2. The minimum Gasteiger partial charge on any atom is -0.377 e. The molecule has 1 fully saturated rings. The van der Waals surface area contributed by atoms with E-state index in [0.717, 1.165) is 17.3 Å². The average molecular weight is 421 g/mol. The Kier molecular flexibility index (Phi) is 5.68. The number of hydrogen-bond donors (Lipinski definition) is 3. The Hall–Kier alpha value is -2.65. The van der Waals surface area contributed by atoms with Crippen LogP contribution in [-0.4, -0.2) is 59.3 Å². The average Bonchev–Trinajstić information content (AvgIpc) is 3.16. The number of allylic oxidation sites excluding steroid dienone is 2. The minimum absolute atomic E-state index is 0.0545. The Bertz CT molecular complexity index is 903. The first-order chi connectivity index (χ1) is 14.1. The summed E-state index contributed by atoms with van der Waals surface area (Å²) >= 11 is 6.09. The van der Waals surface area contributed by atoms with Crippen LogP contribution in [-0.2, 0) is 9.53 Å². The number of nitrogens with zero attached hydrogens (tertiary/aromatic N) is 3. The lowest BCUT2D eigenvalue weighted by molar-refractivity contribution is -0.138. The summed E-state index contributed by atoms with van der Waals surface area (Å²) in [5.41, 5.74) is 1.62. The van der Waals surface area contributed by atoms with Crippen LogP contribution in [0, 0.1) is 5.82 Å². The smallest absolute Gasteiger partial charge is 0.222 e. The molecule has 4 heterocycles. The summed E-state index contributed by atoms with van der Waals surface area (Å²) in [5, 5.41) is 9.87. The summed E-state index contributed by atoms with van der Waals surface area (Å²) in [6.45, 7) is 3.60. The van der Waals surface area contributed by atoms with Crippen molar-refractivity contribution >= 4 is 28.9 Å². The fraction of sp³-hybridized carbons (Fsp3) is 0.421. The maximum atomic E-state index is 14.3. The molecule has 3 N–H and O–H groups in total. The highest BCUT2D eigenvalue weighted by Gasteiger charge is 2.29. The van der Waals surface area contributed by atoms with Crippen LogP contribution in [0.25, 0.3) is 5.57 Å². The molecule has 10 heteroatoms. The number of fused-ring (bicyclic) bond motifs is 1. The molecule has 0 bridgehead atoms. The van der Waals surface area contributed by atoms with Crippen molar-refractivity contribution in [1.29, 1.82) is 0 Å². The van der Waals surface area contributed by atoms with Gasteiger partial charge in [-0.15, -0.1) is 0 Å². The van der Waals surface area contributed by atoms with E-state index in [2.05, 4.69) is 25.9 Å². The molecule has 1 aromatic heterocycles. The predicted octanol–water partition coefficient (Wildman–Crippen LogP) is 1.55. The van der Waals surface area contributed by atoms with Crippen LogP contribution in [0.5, 0.6) is 0 Å². The van der Waals surface area contributed by atoms with Gasteiger partial charge in [0, 0.05) is 43.1 Å². The van der Waals surface area contributed by atoms with Crippen LogP contribution in [0.4, 0.5) is 10.2 Å². The molecular formula is C19H22ClFN6O2. The number of amides is 1. The van der Waals surface area contributed by atoms with Gasteiger partial charge in [0.2, 0.25) is 5.91 Å². The lowest BCUT2D eigenvalue weighted by Crippen LogP contribution is -2.51. The highest BCUT2D eigenvalue weighted by Crippen LogP contribution is 2.31. The van der Waals surface area contributed by atoms with Crippen molar-refractivity contribution in [3.05, 3.63) is 46.9 Å². The first-order valence-electron chi connectivity index (χ1n) is 9.50. The van der Waals surface area contributed by atoms with E-state index < -0.39 is 5.82 Å². The van der Waals surface area contributed by atoms with Crippen molar-refractivity contribution in [3.63, 3.8) is 0 Å². The van der Waals surface area contributed by atoms with Gasteiger partial charge in [0.05, 0.1) is 30.5 Å². The number of hydrogen-bond acceptors (Lipinski definition) is 7. The highest BCUT2D eigenvalue weighted by atomic mass is 35.5. The Balaban J connectivity index is 1.51.